The van der Waals surface area contributed by atoms with Crippen molar-refractivity contribution in [3.8, 4) is 11.3 Å². The summed E-state index contributed by atoms with van der Waals surface area (Å²) in [6.07, 6.45) is 3.51. The molecule has 1 saturated heterocycles. The third-order valence-corrected chi connectivity index (χ3v) is 3.61. The van der Waals surface area contributed by atoms with E-state index >= 15 is 0 Å². The molecule has 21 heavy (non-hydrogen) atoms. The summed E-state index contributed by atoms with van der Waals surface area (Å²) in [4.78, 5) is 10.6. The average molecular weight is 290 g/mol. The van der Waals surface area contributed by atoms with Crippen LogP contribution < -0.4 is 10.6 Å². The summed E-state index contributed by atoms with van der Waals surface area (Å²) in [5.74, 6) is -1.27. The SMILES string of the molecule is NC1CCCN(c2nccc(-c3cccc(F)c3F)n2)C1. The molecule has 1 aliphatic rings. The Morgan fingerprint density at radius 2 is 2.10 bits per heavy atom. The number of hydrogen-bond acceptors (Lipinski definition) is 4. The Hall–Kier alpha value is -2.08. The first-order chi connectivity index (χ1) is 10.1. The normalized spacial score (nSPS) is 18.8. The fraction of sp³-hybridized carbons (Fsp3) is 0.333. The van der Waals surface area contributed by atoms with Crippen LogP contribution in [0.1, 0.15) is 12.8 Å². The molecular weight excluding hydrogens is 274 g/mol. The number of nitrogens with two attached hydrogens (primary N) is 1. The number of rotatable bonds is 2. The summed E-state index contributed by atoms with van der Waals surface area (Å²) in [6, 6.07) is 5.73. The Morgan fingerprint density at radius 1 is 1.24 bits per heavy atom. The minimum atomic E-state index is -0.891. The van der Waals surface area contributed by atoms with Gasteiger partial charge in [-0.2, -0.15) is 0 Å². The van der Waals surface area contributed by atoms with Crippen LogP contribution in [0.15, 0.2) is 30.5 Å². The van der Waals surface area contributed by atoms with Crippen LogP contribution >= 0.6 is 0 Å². The molecule has 0 spiro atoms. The van der Waals surface area contributed by atoms with Crippen molar-refractivity contribution in [3.05, 3.63) is 42.1 Å². The van der Waals surface area contributed by atoms with Crippen molar-refractivity contribution in [1.82, 2.24) is 9.97 Å². The molecule has 1 aliphatic heterocycles. The van der Waals surface area contributed by atoms with Crippen LogP contribution in [0.5, 0.6) is 0 Å². The minimum absolute atomic E-state index is 0.0944. The molecule has 110 valence electrons. The third-order valence-electron chi connectivity index (χ3n) is 3.61. The van der Waals surface area contributed by atoms with E-state index in [4.69, 9.17) is 5.73 Å². The molecule has 0 aliphatic carbocycles. The first kappa shape index (κ1) is 13.9. The quantitative estimate of drug-likeness (QED) is 0.922. The highest BCUT2D eigenvalue weighted by molar-refractivity contribution is 5.61. The zero-order valence-electron chi connectivity index (χ0n) is 11.5. The van der Waals surface area contributed by atoms with E-state index in [1.54, 1.807) is 12.3 Å². The molecule has 0 bridgehead atoms. The van der Waals surface area contributed by atoms with E-state index < -0.39 is 11.6 Å². The summed E-state index contributed by atoms with van der Waals surface area (Å²) in [5, 5.41) is 0. The first-order valence-electron chi connectivity index (χ1n) is 6.93. The lowest BCUT2D eigenvalue weighted by molar-refractivity contribution is 0.499. The molecule has 2 N–H and O–H groups in total. The second-order valence-electron chi connectivity index (χ2n) is 5.19. The summed E-state index contributed by atoms with van der Waals surface area (Å²) >= 11 is 0. The van der Waals surface area contributed by atoms with Gasteiger partial charge in [-0.25, -0.2) is 18.7 Å². The number of nitrogens with zero attached hydrogens (tertiary/aromatic N) is 3. The van der Waals surface area contributed by atoms with Gasteiger partial charge in [0.15, 0.2) is 11.6 Å². The van der Waals surface area contributed by atoms with Crippen molar-refractivity contribution >= 4 is 5.95 Å². The van der Waals surface area contributed by atoms with Crippen LogP contribution in [0, 0.1) is 11.6 Å². The van der Waals surface area contributed by atoms with E-state index in [1.165, 1.54) is 12.1 Å². The molecule has 1 aromatic heterocycles. The van der Waals surface area contributed by atoms with E-state index in [9.17, 15) is 8.78 Å². The lowest BCUT2D eigenvalue weighted by Crippen LogP contribution is -2.43. The molecule has 6 heteroatoms. The molecule has 0 radical (unpaired) electrons. The molecule has 1 fully saturated rings. The van der Waals surface area contributed by atoms with E-state index in [-0.39, 0.29) is 11.6 Å². The maximum absolute atomic E-state index is 13.9. The maximum Gasteiger partial charge on any atom is 0.225 e. The number of piperidine rings is 1. The molecule has 2 heterocycles. The Morgan fingerprint density at radius 3 is 2.90 bits per heavy atom. The number of halogens is 2. The van der Waals surface area contributed by atoms with Gasteiger partial charge in [-0.05, 0) is 31.0 Å². The second kappa shape index (κ2) is 5.73. The van der Waals surface area contributed by atoms with Crippen LogP contribution in [0.2, 0.25) is 0 Å². The average Bonchev–Trinajstić information content (AvgIpc) is 2.50. The maximum atomic E-state index is 13.9. The fourth-order valence-corrected chi connectivity index (χ4v) is 2.54. The van der Waals surface area contributed by atoms with Gasteiger partial charge in [0.25, 0.3) is 0 Å². The predicted octanol–water partition coefficient (Wildman–Crippen LogP) is 2.35. The number of benzene rings is 1. The van der Waals surface area contributed by atoms with Crippen molar-refractivity contribution in [2.45, 2.75) is 18.9 Å². The Balaban J connectivity index is 1.94. The molecule has 1 aromatic carbocycles. The standard InChI is InChI=1S/C15H16F2N4/c16-12-5-1-4-11(14(12)17)13-6-7-19-15(20-13)21-8-2-3-10(18)9-21/h1,4-7,10H,2-3,8-9,18H2. The van der Waals surface area contributed by atoms with Crippen LogP contribution in [0.3, 0.4) is 0 Å². The molecule has 1 unspecified atom stereocenters. The fourth-order valence-electron chi connectivity index (χ4n) is 2.54. The zero-order chi connectivity index (χ0) is 14.8. The summed E-state index contributed by atoms with van der Waals surface area (Å²) in [5.41, 5.74) is 6.46. The largest absolute Gasteiger partial charge is 0.339 e. The van der Waals surface area contributed by atoms with Crippen molar-refractivity contribution < 1.29 is 8.78 Å². The van der Waals surface area contributed by atoms with Crippen molar-refractivity contribution in [2.75, 3.05) is 18.0 Å². The van der Waals surface area contributed by atoms with Gasteiger partial charge in [-0.15, -0.1) is 0 Å². The lowest BCUT2D eigenvalue weighted by atomic mass is 10.1. The Bertz CT molecular complexity index is 647. The van der Waals surface area contributed by atoms with Gasteiger partial charge in [0.1, 0.15) is 0 Å². The molecular formula is C15H16F2N4. The number of hydrogen-bond donors (Lipinski definition) is 1. The van der Waals surface area contributed by atoms with Gasteiger partial charge in [-0.1, -0.05) is 6.07 Å². The van der Waals surface area contributed by atoms with Crippen LogP contribution in [0.25, 0.3) is 11.3 Å². The van der Waals surface area contributed by atoms with Gasteiger partial charge < -0.3 is 10.6 Å². The third kappa shape index (κ3) is 2.85. The van der Waals surface area contributed by atoms with E-state index in [0.29, 0.717) is 18.2 Å². The summed E-state index contributed by atoms with van der Waals surface area (Å²) in [7, 11) is 0. The molecule has 2 aromatic rings. The summed E-state index contributed by atoms with van der Waals surface area (Å²) in [6.45, 7) is 1.50. The monoisotopic (exact) mass is 290 g/mol. The van der Waals surface area contributed by atoms with E-state index in [2.05, 4.69) is 9.97 Å². The second-order valence-corrected chi connectivity index (χ2v) is 5.19. The van der Waals surface area contributed by atoms with Gasteiger partial charge in [0.2, 0.25) is 5.95 Å². The van der Waals surface area contributed by atoms with Crippen molar-refractivity contribution in [3.63, 3.8) is 0 Å². The molecule has 3 rings (SSSR count). The topological polar surface area (TPSA) is 55.0 Å². The van der Waals surface area contributed by atoms with E-state index in [0.717, 1.165) is 25.5 Å². The van der Waals surface area contributed by atoms with Gasteiger partial charge in [-0.3, -0.25) is 0 Å². The minimum Gasteiger partial charge on any atom is -0.339 e. The van der Waals surface area contributed by atoms with Crippen LogP contribution in [-0.4, -0.2) is 29.1 Å². The highest BCUT2D eigenvalue weighted by Gasteiger charge is 2.20. The first-order valence-corrected chi connectivity index (χ1v) is 6.93. The van der Waals surface area contributed by atoms with Crippen molar-refractivity contribution in [1.29, 1.82) is 0 Å². The lowest BCUT2D eigenvalue weighted by Gasteiger charge is -2.30. The number of anilines is 1. The Kier molecular flexibility index (Phi) is 3.79. The highest BCUT2D eigenvalue weighted by Crippen LogP contribution is 2.24. The number of aromatic nitrogens is 2. The van der Waals surface area contributed by atoms with Gasteiger partial charge in [0, 0.05) is 30.9 Å². The van der Waals surface area contributed by atoms with Crippen LogP contribution in [0.4, 0.5) is 14.7 Å². The van der Waals surface area contributed by atoms with E-state index in [1.807, 2.05) is 4.90 Å². The van der Waals surface area contributed by atoms with Crippen molar-refractivity contribution in [2.24, 2.45) is 5.73 Å². The van der Waals surface area contributed by atoms with Gasteiger partial charge in [0.05, 0.1) is 5.69 Å². The smallest absolute Gasteiger partial charge is 0.225 e. The van der Waals surface area contributed by atoms with Crippen LogP contribution in [-0.2, 0) is 0 Å². The molecule has 1 atom stereocenters. The molecule has 0 saturated carbocycles. The summed E-state index contributed by atoms with van der Waals surface area (Å²) < 4.78 is 27.2. The van der Waals surface area contributed by atoms with Gasteiger partial charge >= 0.3 is 0 Å². The predicted molar refractivity (Wildman–Crippen MR) is 76.8 cm³/mol. The molecule has 4 nitrogen and oxygen atoms in total. The Labute approximate surface area is 121 Å². The molecule has 0 amide bonds. The zero-order valence-corrected chi connectivity index (χ0v) is 11.5. The highest BCUT2D eigenvalue weighted by atomic mass is 19.2.